The molecule has 0 saturated carbocycles. The average molecular weight is 434 g/mol. The molecule has 0 aliphatic heterocycles. The van der Waals surface area contributed by atoms with Crippen LogP contribution in [-0.4, -0.2) is 39.9 Å². The van der Waals surface area contributed by atoms with E-state index in [2.05, 4.69) is 15.4 Å². The molecule has 2 aromatic rings. The van der Waals surface area contributed by atoms with E-state index in [9.17, 15) is 18.0 Å². The number of nitrogens with one attached hydrogen (secondary N) is 3. The maximum Gasteiger partial charge on any atom is 0.240 e. The van der Waals surface area contributed by atoms with Gasteiger partial charge in [0.2, 0.25) is 21.8 Å². The number of aryl methyl sites for hydroxylation is 1. The second-order valence-corrected chi connectivity index (χ2v) is 8.49. The average Bonchev–Trinajstić information content (AvgIpc) is 2.70. The molecular formula is C21H27N3O5S. The van der Waals surface area contributed by atoms with E-state index in [0.717, 1.165) is 11.3 Å². The van der Waals surface area contributed by atoms with Gasteiger partial charge in [-0.25, -0.2) is 13.1 Å². The highest BCUT2D eigenvalue weighted by atomic mass is 32.2. The molecule has 0 aliphatic carbocycles. The van der Waals surface area contributed by atoms with Crippen LogP contribution in [0.4, 0.5) is 5.69 Å². The van der Waals surface area contributed by atoms with Gasteiger partial charge in [-0.2, -0.15) is 0 Å². The van der Waals surface area contributed by atoms with Gasteiger partial charge in [-0.3, -0.25) is 9.59 Å². The Morgan fingerprint density at radius 2 is 1.63 bits per heavy atom. The lowest BCUT2D eigenvalue weighted by atomic mass is 10.2. The fraction of sp³-hybridized carbons (Fsp3) is 0.333. The van der Waals surface area contributed by atoms with E-state index in [1.165, 1.54) is 31.2 Å². The number of sulfonamides is 1. The summed E-state index contributed by atoms with van der Waals surface area (Å²) in [7, 11) is -3.69. The summed E-state index contributed by atoms with van der Waals surface area (Å²) >= 11 is 0. The molecule has 0 radical (unpaired) electrons. The van der Waals surface area contributed by atoms with Crippen LogP contribution < -0.4 is 20.1 Å². The summed E-state index contributed by atoms with van der Waals surface area (Å²) in [6.07, 6.45) is 0.856. The van der Waals surface area contributed by atoms with Crippen LogP contribution in [0.1, 0.15) is 25.3 Å². The Balaban J connectivity index is 1.63. The van der Waals surface area contributed by atoms with Crippen molar-refractivity contribution in [2.45, 2.75) is 31.6 Å². The number of hydrogen-bond acceptors (Lipinski definition) is 5. The summed E-state index contributed by atoms with van der Waals surface area (Å²) in [4.78, 5) is 22.9. The molecule has 2 rings (SSSR count). The van der Waals surface area contributed by atoms with Crippen molar-refractivity contribution in [2.75, 3.05) is 25.0 Å². The number of ether oxygens (including phenoxy) is 1. The van der Waals surface area contributed by atoms with E-state index in [1.54, 1.807) is 0 Å². The van der Waals surface area contributed by atoms with Crippen LogP contribution in [0.3, 0.4) is 0 Å². The van der Waals surface area contributed by atoms with Gasteiger partial charge in [0.15, 0.2) is 0 Å². The normalized spacial score (nSPS) is 11.0. The predicted octanol–water partition coefficient (Wildman–Crippen LogP) is 2.21. The van der Waals surface area contributed by atoms with E-state index in [4.69, 9.17) is 4.74 Å². The standard InChI is InChI=1S/C21H27N3O5S/c1-16-5-9-19(10-6-16)29-15-3-4-21(26)22-13-14-23-30(27,28)20-11-7-18(8-12-20)24-17(2)25/h5-12,23H,3-4,13-15H2,1-2H3,(H,22,26)(H,24,25). The van der Waals surface area contributed by atoms with E-state index in [0.29, 0.717) is 25.1 Å². The smallest absolute Gasteiger partial charge is 0.240 e. The fourth-order valence-electron chi connectivity index (χ4n) is 2.54. The lowest BCUT2D eigenvalue weighted by molar-refractivity contribution is -0.121. The zero-order valence-electron chi connectivity index (χ0n) is 17.1. The Bertz CT molecular complexity index is 942. The minimum atomic E-state index is -3.69. The summed E-state index contributed by atoms with van der Waals surface area (Å²) in [6, 6.07) is 13.5. The predicted molar refractivity (Wildman–Crippen MR) is 115 cm³/mol. The second-order valence-electron chi connectivity index (χ2n) is 6.72. The van der Waals surface area contributed by atoms with Gasteiger partial charge in [0.1, 0.15) is 5.75 Å². The first-order valence-electron chi connectivity index (χ1n) is 9.60. The summed E-state index contributed by atoms with van der Waals surface area (Å²) in [5.74, 6) is 0.364. The van der Waals surface area contributed by atoms with Gasteiger partial charge >= 0.3 is 0 Å². The van der Waals surface area contributed by atoms with Crippen LogP contribution in [0.25, 0.3) is 0 Å². The van der Waals surface area contributed by atoms with Gasteiger partial charge in [-0.15, -0.1) is 0 Å². The van der Waals surface area contributed by atoms with Crippen molar-refractivity contribution in [3.05, 3.63) is 54.1 Å². The summed E-state index contributed by atoms with van der Waals surface area (Å²) in [6.45, 7) is 4.05. The molecule has 0 aromatic heterocycles. The Morgan fingerprint density at radius 1 is 0.967 bits per heavy atom. The maximum absolute atomic E-state index is 12.2. The molecular weight excluding hydrogens is 406 g/mol. The van der Waals surface area contributed by atoms with Gasteiger partial charge < -0.3 is 15.4 Å². The molecule has 0 heterocycles. The highest BCUT2D eigenvalue weighted by Crippen LogP contribution is 2.14. The summed E-state index contributed by atoms with van der Waals surface area (Å²) < 4.78 is 32.5. The molecule has 0 fully saturated rings. The van der Waals surface area contributed by atoms with Crippen LogP contribution in [0, 0.1) is 6.92 Å². The molecule has 0 atom stereocenters. The number of anilines is 1. The second kappa shape index (κ2) is 11.3. The first-order chi connectivity index (χ1) is 14.3. The van der Waals surface area contributed by atoms with Crippen molar-refractivity contribution in [3.8, 4) is 5.75 Å². The first kappa shape index (κ1) is 23.4. The number of carbonyl (C=O) groups is 2. The number of rotatable bonds is 11. The molecule has 3 N–H and O–H groups in total. The van der Waals surface area contributed by atoms with Crippen molar-refractivity contribution in [3.63, 3.8) is 0 Å². The highest BCUT2D eigenvalue weighted by molar-refractivity contribution is 7.89. The lowest BCUT2D eigenvalue weighted by Gasteiger charge is -2.09. The largest absolute Gasteiger partial charge is 0.494 e. The van der Waals surface area contributed by atoms with Crippen molar-refractivity contribution in [1.29, 1.82) is 0 Å². The van der Waals surface area contributed by atoms with Crippen LogP contribution in [0.2, 0.25) is 0 Å². The SMILES string of the molecule is CC(=O)Nc1ccc(S(=O)(=O)NCCNC(=O)CCCOc2ccc(C)cc2)cc1. The Hall–Kier alpha value is -2.91. The van der Waals surface area contributed by atoms with Crippen LogP contribution in [0.15, 0.2) is 53.4 Å². The molecule has 2 aromatic carbocycles. The third-order valence-corrected chi connectivity index (χ3v) is 5.54. The minimum absolute atomic E-state index is 0.0708. The quantitative estimate of drug-likeness (QED) is 0.470. The van der Waals surface area contributed by atoms with E-state index < -0.39 is 10.0 Å². The molecule has 162 valence electrons. The van der Waals surface area contributed by atoms with E-state index in [-0.39, 0.29) is 29.8 Å². The van der Waals surface area contributed by atoms with Gasteiger partial charge in [0, 0.05) is 32.1 Å². The molecule has 0 bridgehead atoms. The third kappa shape index (κ3) is 8.22. The molecule has 0 spiro atoms. The van der Waals surface area contributed by atoms with Crippen molar-refractivity contribution >= 4 is 27.5 Å². The minimum Gasteiger partial charge on any atom is -0.494 e. The number of benzene rings is 2. The monoisotopic (exact) mass is 433 g/mol. The van der Waals surface area contributed by atoms with Gasteiger partial charge in [0.25, 0.3) is 0 Å². The van der Waals surface area contributed by atoms with Crippen LogP contribution >= 0.6 is 0 Å². The van der Waals surface area contributed by atoms with Gasteiger partial charge in [-0.1, -0.05) is 17.7 Å². The number of hydrogen-bond donors (Lipinski definition) is 3. The third-order valence-electron chi connectivity index (χ3n) is 4.06. The molecule has 30 heavy (non-hydrogen) atoms. The van der Waals surface area contributed by atoms with Gasteiger partial charge in [0.05, 0.1) is 11.5 Å². The molecule has 8 nitrogen and oxygen atoms in total. The van der Waals surface area contributed by atoms with Crippen LogP contribution in [0.5, 0.6) is 5.75 Å². The van der Waals surface area contributed by atoms with E-state index in [1.807, 2.05) is 31.2 Å². The zero-order chi connectivity index (χ0) is 22.0. The number of carbonyl (C=O) groups excluding carboxylic acids is 2. The lowest BCUT2D eigenvalue weighted by Crippen LogP contribution is -2.34. The Kier molecular flexibility index (Phi) is 8.82. The van der Waals surface area contributed by atoms with Crippen molar-refractivity contribution in [1.82, 2.24) is 10.0 Å². The molecule has 2 amide bonds. The fourth-order valence-corrected chi connectivity index (χ4v) is 3.57. The molecule has 0 aliphatic rings. The van der Waals surface area contributed by atoms with Gasteiger partial charge in [-0.05, 0) is 49.7 Å². The Labute approximate surface area is 177 Å². The number of amides is 2. The van der Waals surface area contributed by atoms with Crippen molar-refractivity contribution in [2.24, 2.45) is 0 Å². The zero-order valence-corrected chi connectivity index (χ0v) is 17.9. The molecule has 9 heteroatoms. The maximum atomic E-state index is 12.2. The topological polar surface area (TPSA) is 114 Å². The Morgan fingerprint density at radius 3 is 2.27 bits per heavy atom. The van der Waals surface area contributed by atoms with Crippen molar-refractivity contribution < 1.29 is 22.7 Å². The molecule has 0 saturated heterocycles. The highest BCUT2D eigenvalue weighted by Gasteiger charge is 2.13. The van der Waals surface area contributed by atoms with Crippen LogP contribution in [-0.2, 0) is 19.6 Å². The summed E-state index contributed by atoms with van der Waals surface area (Å²) in [5, 5.41) is 5.24. The summed E-state index contributed by atoms with van der Waals surface area (Å²) in [5.41, 5.74) is 1.67. The first-order valence-corrected chi connectivity index (χ1v) is 11.1. The molecule has 0 unspecified atom stereocenters. The van der Waals surface area contributed by atoms with E-state index >= 15 is 0 Å².